The van der Waals surface area contributed by atoms with Crippen molar-refractivity contribution in [1.29, 1.82) is 0 Å². The van der Waals surface area contributed by atoms with Crippen molar-refractivity contribution in [1.82, 2.24) is 19.7 Å². The summed E-state index contributed by atoms with van der Waals surface area (Å²) in [6.07, 6.45) is 8.04. The molecule has 1 unspecified atom stereocenters. The maximum atomic E-state index is 4.65. The Morgan fingerprint density at radius 2 is 2.50 bits per heavy atom. The highest BCUT2D eigenvalue weighted by molar-refractivity contribution is 5.50. The highest BCUT2D eigenvalue weighted by atomic mass is 15.0. The summed E-state index contributed by atoms with van der Waals surface area (Å²) >= 11 is 0. The Labute approximate surface area is 94.7 Å². The molecule has 3 rings (SSSR count). The van der Waals surface area contributed by atoms with Gasteiger partial charge in [-0.2, -0.15) is 0 Å². The third-order valence-corrected chi connectivity index (χ3v) is 3.34. The van der Waals surface area contributed by atoms with Gasteiger partial charge < -0.3 is 9.72 Å². The minimum atomic E-state index is 0.734. The predicted octanol–water partition coefficient (Wildman–Crippen LogP) is 1.19. The van der Waals surface area contributed by atoms with Crippen molar-refractivity contribution in [2.45, 2.75) is 19.8 Å². The molecule has 1 N–H and O–H groups in total. The molecule has 1 atom stereocenters. The first-order valence-corrected chi connectivity index (χ1v) is 5.83. The van der Waals surface area contributed by atoms with Gasteiger partial charge in [0.25, 0.3) is 0 Å². The van der Waals surface area contributed by atoms with E-state index in [-0.39, 0.29) is 0 Å². The van der Waals surface area contributed by atoms with E-state index >= 15 is 0 Å². The Bertz CT molecular complexity index is 497. The first kappa shape index (κ1) is 9.78. The van der Waals surface area contributed by atoms with Crippen molar-refractivity contribution in [2.24, 2.45) is 5.92 Å². The van der Waals surface area contributed by atoms with Gasteiger partial charge >= 0.3 is 0 Å². The first-order valence-electron chi connectivity index (χ1n) is 5.83. The summed E-state index contributed by atoms with van der Waals surface area (Å²) < 4.78 is 2.17. The fraction of sp³-hybridized carbons (Fsp3) is 0.500. The number of hydrogen-bond donors (Lipinski definition) is 1. The molecule has 16 heavy (non-hydrogen) atoms. The van der Waals surface area contributed by atoms with Crippen LogP contribution in [0, 0.1) is 12.8 Å². The minimum Gasteiger partial charge on any atom is -0.316 e. The summed E-state index contributed by atoms with van der Waals surface area (Å²) in [6, 6.07) is 0. The molecule has 1 aliphatic heterocycles. The van der Waals surface area contributed by atoms with Crippen molar-refractivity contribution in [2.75, 3.05) is 13.1 Å². The SMILES string of the molecule is Cc1nc(CC2CCNC2)n2ccncc12. The molecule has 0 aliphatic carbocycles. The largest absolute Gasteiger partial charge is 0.316 e. The van der Waals surface area contributed by atoms with Crippen LogP contribution in [0.5, 0.6) is 0 Å². The summed E-state index contributed by atoms with van der Waals surface area (Å²) in [7, 11) is 0. The minimum absolute atomic E-state index is 0.734. The van der Waals surface area contributed by atoms with Gasteiger partial charge in [0.1, 0.15) is 5.82 Å². The second kappa shape index (κ2) is 3.87. The maximum absolute atomic E-state index is 4.65. The van der Waals surface area contributed by atoms with Crippen molar-refractivity contribution in [3.8, 4) is 0 Å². The van der Waals surface area contributed by atoms with Crippen LogP contribution in [0.1, 0.15) is 17.9 Å². The van der Waals surface area contributed by atoms with Gasteiger partial charge in [0.15, 0.2) is 0 Å². The number of aryl methyl sites for hydroxylation is 1. The van der Waals surface area contributed by atoms with Gasteiger partial charge in [-0.1, -0.05) is 0 Å². The molecule has 0 radical (unpaired) electrons. The number of aromatic nitrogens is 3. The average molecular weight is 216 g/mol. The second-order valence-corrected chi connectivity index (χ2v) is 4.51. The Balaban J connectivity index is 1.96. The van der Waals surface area contributed by atoms with Crippen LogP contribution in [0.25, 0.3) is 5.52 Å². The molecule has 0 bridgehead atoms. The molecule has 0 spiro atoms. The lowest BCUT2D eigenvalue weighted by molar-refractivity contribution is 0.560. The number of nitrogens with one attached hydrogen (secondary N) is 1. The molecule has 2 aromatic rings. The zero-order chi connectivity index (χ0) is 11.0. The van der Waals surface area contributed by atoms with Crippen LogP contribution in [0.2, 0.25) is 0 Å². The second-order valence-electron chi connectivity index (χ2n) is 4.51. The van der Waals surface area contributed by atoms with E-state index in [1.165, 1.54) is 12.2 Å². The molecule has 4 nitrogen and oxygen atoms in total. The normalized spacial score (nSPS) is 20.7. The van der Waals surface area contributed by atoms with Crippen LogP contribution in [0.15, 0.2) is 18.6 Å². The predicted molar refractivity (Wildman–Crippen MR) is 62.4 cm³/mol. The average Bonchev–Trinajstić information content (AvgIpc) is 2.90. The lowest BCUT2D eigenvalue weighted by Gasteiger charge is -2.06. The van der Waals surface area contributed by atoms with Crippen LogP contribution in [0.3, 0.4) is 0 Å². The topological polar surface area (TPSA) is 42.2 Å². The van der Waals surface area contributed by atoms with Gasteiger partial charge in [0.05, 0.1) is 17.4 Å². The van der Waals surface area contributed by atoms with Crippen molar-refractivity contribution in [3.63, 3.8) is 0 Å². The van der Waals surface area contributed by atoms with Gasteiger partial charge in [0, 0.05) is 18.8 Å². The molecule has 0 amide bonds. The summed E-state index contributed by atoms with van der Waals surface area (Å²) in [5.41, 5.74) is 2.21. The quantitative estimate of drug-likeness (QED) is 0.820. The summed E-state index contributed by atoms with van der Waals surface area (Å²) in [5.74, 6) is 1.90. The maximum Gasteiger partial charge on any atom is 0.113 e. The first-order chi connectivity index (χ1) is 7.84. The van der Waals surface area contributed by atoms with E-state index in [0.29, 0.717) is 0 Å². The highest BCUT2D eigenvalue weighted by Crippen LogP contribution is 2.17. The van der Waals surface area contributed by atoms with Gasteiger partial charge in [-0.05, 0) is 32.4 Å². The number of hydrogen-bond acceptors (Lipinski definition) is 3. The standard InChI is InChI=1S/C12H16N4/c1-9-11-8-14-4-5-16(11)12(15-9)6-10-2-3-13-7-10/h4-5,8,10,13H,2-3,6-7H2,1H3. The van der Waals surface area contributed by atoms with Crippen molar-refractivity contribution in [3.05, 3.63) is 30.1 Å². The van der Waals surface area contributed by atoms with Crippen molar-refractivity contribution >= 4 is 5.52 Å². The fourth-order valence-electron chi connectivity index (χ4n) is 2.45. The number of imidazole rings is 1. The zero-order valence-corrected chi connectivity index (χ0v) is 9.48. The van der Waals surface area contributed by atoms with Crippen LogP contribution < -0.4 is 5.32 Å². The molecule has 1 aliphatic rings. The van der Waals surface area contributed by atoms with Crippen LogP contribution in [0.4, 0.5) is 0 Å². The van der Waals surface area contributed by atoms with E-state index in [2.05, 4.69) is 19.7 Å². The van der Waals surface area contributed by atoms with Gasteiger partial charge in [-0.25, -0.2) is 4.98 Å². The lowest BCUT2D eigenvalue weighted by Crippen LogP contribution is -2.12. The summed E-state index contributed by atoms with van der Waals surface area (Å²) in [5, 5.41) is 3.40. The van der Waals surface area contributed by atoms with E-state index in [0.717, 1.165) is 36.6 Å². The molecule has 3 heterocycles. The molecule has 1 saturated heterocycles. The Kier molecular flexibility index (Phi) is 2.36. The zero-order valence-electron chi connectivity index (χ0n) is 9.48. The van der Waals surface area contributed by atoms with E-state index in [1.807, 2.05) is 25.5 Å². The van der Waals surface area contributed by atoms with Gasteiger partial charge in [-0.15, -0.1) is 0 Å². The smallest absolute Gasteiger partial charge is 0.113 e. The molecule has 0 saturated carbocycles. The molecule has 4 heteroatoms. The fourth-order valence-corrected chi connectivity index (χ4v) is 2.45. The molecular weight excluding hydrogens is 200 g/mol. The highest BCUT2D eigenvalue weighted by Gasteiger charge is 2.18. The number of fused-ring (bicyclic) bond motifs is 1. The van der Waals surface area contributed by atoms with Crippen molar-refractivity contribution < 1.29 is 0 Å². The molecule has 2 aromatic heterocycles. The van der Waals surface area contributed by atoms with Gasteiger partial charge in [0.2, 0.25) is 0 Å². The summed E-state index contributed by atoms with van der Waals surface area (Å²) in [4.78, 5) is 8.79. The Hall–Kier alpha value is -1.42. The molecule has 0 aromatic carbocycles. The third kappa shape index (κ3) is 1.59. The molecular formula is C12H16N4. The molecule has 84 valence electrons. The van der Waals surface area contributed by atoms with E-state index in [1.54, 1.807) is 0 Å². The lowest BCUT2D eigenvalue weighted by atomic mass is 10.1. The number of rotatable bonds is 2. The van der Waals surface area contributed by atoms with Crippen LogP contribution in [-0.2, 0) is 6.42 Å². The monoisotopic (exact) mass is 216 g/mol. The summed E-state index contributed by atoms with van der Waals surface area (Å²) in [6.45, 7) is 4.32. The van der Waals surface area contributed by atoms with Crippen LogP contribution >= 0.6 is 0 Å². The van der Waals surface area contributed by atoms with E-state index < -0.39 is 0 Å². The van der Waals surface area contributed by atoms with Crippen LogP contribution in [-0.4, -0.2) is 27.5 Å². The Morgan fingerprint density at radius 1 is 1.56 bits per heavy atom. The van der Waals surface area contributed by atoms with Gasteiger partial charge in [-0.3, -0.25) is 4.98 Å². The number of nitrogens with zero attached hydrogens (tertiary/aromatic N) is 3. The van der Waals surface area contributed by atoms with E-state index in [4.69, 9.17) is 0 Å². The third-order valence-electron chi connectivity index (χ3n) is 3.34. The van der Waals surface area contributed by atoms with E-state index in [9.17, 15) is 0 Å². The molecule has 1 fully saturated rings. The Morgan fingerprint density at radius 3 is 3.31 bits per heavy atom.